The Kier molecular flexibility index (Phi) is 8.11. The van der Waals surface area contributed by atoms with Crippen LogP contribution < -0.4 is 21.1 Å². The first-order chi connectivity index (χ1) is 11.0. The summed E-state index contributed by atoms with van der Waals surface area (Å²) in [6.45, 7) is 6.74. The molecule has 6 nitrogen and oxygen atoms in total. The summed E-state index contributed by atoms with van der Waals surface area (Å²) in [4.78, 5) is 23.3. The number of nitrogens with two attached hydrogens (primary N) is 1. The van der Waals surface area contributed by atoms with Crippen molar-refractivity contribution in [2.24, 2.45) is 11.7 Å². The lowest BCUT2D eigenvalue weighted by molar-refractivity contribution is -0.124. The van der Waals surface area contributed by atoms with Crippen molar-refractivity contribution < 1.29 is 14.3 Å². The summed E-state index contributed by atoms with van der Waals surface area (Å²) in [5.41, 5.74) is 6.79. The topological polar surface area (TPSA) is 93.5 Å². The molecular formula is C17H27N3O3. The van der Waals surface area contributed by atoms with Crippen LogP contribution in [0, 0.1) is 5.92 Å². The molecule has 0 bridgehead atoms. The minimum absolute atomic E-state index is 0.0253. The van der Waals surface area contributed by atoms with Crippen LogP contribution in [0.3, 0.4) is 0 Å². The Morgan fingerprint density at radius 2 is 2.00 bits per heavy atom. The molecule has 0 aromatic heterocycles. The highest BCUT2D eigenvalue weighted by Gasteiger charge is 2.18. The maximum atomic E-state index is 12.0. The summed E-state index contributed by atoms with van der Waals surface area (Å²) >= 11 is 0. The first-order valence-electron chi connectivity index (χ1n) is 7.99. The van der Waals surface area contributed by atoms with Crippen molar-refractivity contribution in [2.75, 3.05) is 13.2 Å². The third-order valence-electron chi connectivity index (χ3n) is 3.67. The summed E-state index contributed by atoms with van der Waals surface area (Å²) < 4.78 is 5.42. The average Bonchev–Trinajstić information content (AvgIpc) is 2.57. The van der Waals surface area contributed by atoms with Crippen LogP contribution in [-0.2, 0) is 16.1 Å². The molecule has 1 aromatic carbocycles. The number of benzene rings is 1. The fourth-order valence-corrected chi connectivity index (χ4v) is 1.96. The third kappa shape index (κ3) is 6.69. The summed E-state index contributed by atoms with van der Waals surface area (Å²) in [7, 11) is 0. The Bertz CT molecular complexity index is 520. The molecule has 1 rings (SSSR count). The maximum absolute atomic E-state index is 12.0. The van der Waals surface area contributed by atoms with Gasteiger partial charge in [0.1, 0.15) is 5.75 Å². The summed E-state index contributed by atoms with van der Waals surface area (Å²) in [6, 6.07) is 6.78. The van der Waals surface area contributed by atoms with Gasteiger partial charge in [0.2, 0.25) is 5.91 Å². The van der Waals surface area contributed by atoms with Gasteiger partial charge in [-0.05, 0) is 30.5 Å². The van der Waals surface area contributed by atoms with E-state index in [2.05, 4.69) is 10.6 Å². The van der Waals surface area contributed by atoms with E-state index in [4.69, 9.17) is 10.5 Å². The van der Waals surface area contributed by atoms with Crippen LogP contribution in [0.5, 0.6) is 5.75 Å². The van der Waals surface area contributed by atoms with Gasteiger partial charge in [0, 0.05) is 13.1 Å². The Morgan fingerprint density at radius 1 is 1.26 bits per heavy atom. The molecule has 2 atom stereocenters. The largest absolute Gasteiger partial charge is 0.484 e. The number of amides is 2. The molecular weight excluding hydrogens is 294 g/mol. The van der Waals surface area contributed by atoms with Gasteiger partial charge in [-0.2, -0.15) is 0 Å². The van der Waals surface area contributed by atoms with Gasteiger partial charge in [0.15, 0.2) is 6.61 Å². The second kappa shape index (κ2) is 9.84. The average molecular weight is 321 g/mol. The van der Waals surface area contributed by atoms with E-state index in [-0.39, 0.29) is 24.3 Å². The van der Waals surface area contributed by atoms with Crippen LogP contribution in [0.15, 0.2) is 24.3 Å². The van der Waals surface area contributed by atoms with E-state index >= 15 is 0 Å². The molecule has 0 aliphatic carbocycles. The van der Waals surface area contributed by atoms with Gasteiger partial charge in [-0.1, -0.05) is 32.4 Å². The molecule has 0 aliphatic rings. The Hall–Kier alpha value is -2.08. The van der Waals surface area contributed by atoms with E-state index in [0.717, 1.165) is 12.0 Å². The number of carbonyl (C=O) groups excluding carboxylic acids is 2. The first kappa shape index (κ1) is 19.0. The zero-order valence-electron chi connectivity index (χ0n) is 14.1. The van der Waals surface area contributed by atoms with Crippen molar-refractivity contribution in [2.45, 2.75) is 39.8 Å². The number of rotatable bonds is 9. The quantitative estimate of drug-likeness (QED) is 0.637. The zero-order valence-corrected chi connectivity index (χ0v) is 14.1. The van der Waals surface area contributed by atoms with Crippen molar-refractivity contribution in [1.29, 1.82) is 0 Å². The minimum Gasteiger partial charge on any atom is -0.484 e. The lowest BCUT2D eigenvalue weighted by Gasteiger charge is -2.17. The highest BCUT2D eigenvalue weighted by atomic mass is 16.5. The molecule has 0 saturated carbocycles. The SMILES string of the molecule is CCNC(=O)COc1cccc(CNC(=O)C(N)C(C)CC)c1. The smallest absolute Gasteiger partial charge is 0.257 e. The lowest BCUT2D eigenvalue weighted by Crippen LogP contribution is -2.44. The Labute approximate surface area is 137 Å². The molecule has 0 fully saturated rings. The fraction of sp³-hybridized carbons (Fsp3) is 0.529. The first-order valence-corrected chi connectivity index (χ1v) is 7.99. The molecule has 0 spiro atoms. The number of carbonyl (C=O) groups is 2. The molecule has 4 N–H and O–H groups in total. The lowest BCUT2D eigenvalue weighted by atomic mass is 9.99. The number of hydrogen-bond acceptors (Lipinski definition) is 4. The van der Waals surface area contributed by atoms with Crippen molar-refractivity contribution in [1.82, 2.24) is 10.6 Å². The number of ether oxygens (including phenoxy) is 1. The molecule has 1 aromatic rings. The summed E-state index contributed by atoms with van der Waals surface area (Å²) in [5.74, 6) is 0.412. The number of nitrogens with one attached hydrogen (secondary N) is 2. The molecule has 0 aliphatic heterocycles. The van der Waals surface area contributed by atoms with Crippen LogP contribution in [-0.4, -0.2) is 31.0 Å². The van der Waals surface area contributed by atoms with Crippen LogP contribution in [0.1, 0.15) is 32.8 Å². The van der Waals surface area contributed by atoms with Crippen LogP contribution >= 0.6 is 0 Å². The molecule has 2 unspecified atom stereocenters. The Balaban J connectivity index is 2.50. The van der Waals surface area contributed by atoms with Gasteiger partial charge in [-0.25, -0.2) is 0 Å². The van der Waals surface area contributed by atoms with E-state index in [0.29, 0.717) is 18.8 Å². The van der Waals surface area contributed by atoms with Gasteiger partial charge < -0.3 is 21.1 Å². The van der Waals surface area contributed by atoms with Gasteiger partial charge >= 0.3 is 0 Å². The maximum Gasteiger partial charge on any atom is 0.257 e. The molecule has 0 radical (unpaired) electrons. The van der Waals surface area contributed by atoms with Crippen LogP contribution in [0.2, 0.25) is 0 Å². The predicted molar refractivity (Wildman–Crippen MR) is 89.9 cm³/mol. The Morgan fingerprint density at radius 3 is 2.65 bits per heavy atom. The van der Waals surface area contributed by atoms with Crippen LogP contribution in [0.25, 0.3) is 0 Å². The summed E-state index contributed by atoms with van der Waals surface area (Å²) in [6.07, 6.45) is 0.859. The number of hydrogen-bond donors (Lipinski definition) is 3. The standard InChI is InChI=1S/C17H27N3O3/c1-4-12(3)16(18)17(22)20-10-13-7-6-8-14(9-13)23-11-15(21)19-5-2/h6-9,12,16H,4-5,10-11,18H2,1-3H3,(H,19,21)(H,20,22). The van der Waals surface area contributed by atoms with Crippen molar-refractivity contribution in [3.05, 3.63) is 29.8 Å². The van der Waals surface area contributed by atoms with E-state index in [1.165, 1.54) is 0 Å². The molecule has 6 heteroatoms. The highest BCUT2D eigenvalue weighted by Crippen LogP contribution is 2.13. The monoisotopic (exact) mass is 321 g/mol. The van der Waals surface area contributed by atoms with Gasteiger partial charge in [-0.3, -0.25) is 9.59 Å². The minimum atomic E-state index is -0.503. The zero-order chi connectivity index (χ0) is 17.2. The van der Waals surface area contributed by atoms with Crippen LogP contribution in [0.4, 0.5) is 0 Å². The second-order valence-corrected chi connectivity index (χ2v) is 5.52. The van der Waals surface area contributed by atoms with E-state index in [1.807, 2.05) is 32.9 Å². The van der Waals surface area contributed by atoms with E-state index < -0.39 is 6.04 Å². The third-order valence-corrected chi connectivity index (χ3v) is 3.67. The van der Waals surface area contributed by atoms with Crippen molar-refractivity contribution in [3.63, 3.8) is 0 Å². The van der Waals surface area contributed by atoms with Crippen molar-refractivity contribution >= 4 is 11.8 Å². The predicted octanol–water partition coefficient (Wildman–Crippen LogP) is 1.19. The molecule has 23 heavy (non-hydrogen) atoms. The van der Waals surface area contributed by atoms with Gasteiger partial charge in [0.05, 0.1) is 6.04 Å². The van der Waals surface area contributed by atoms with E-state index in [9.17, 15) is 9.59 Å². The molecule has 0 saturated heterocycles. The molecule has 2 amide bonds. The van der Waals surface area contributed by atoms with E-state index in [1.54, 1.807) is 12.1 Å². The van der Waals surface area contributed by atoms with Crippen molar-refractivity contribution in [3.8, 4) is 5.75 Å². The fourth-order valence-electron chi connectivity index (χ4n) is 1.96. The number of likely N-dealkylation sites (N-methyl/N-ethyl adjacent to an activating group) is 1. The second-order valence-electron chi connectivity index (χ2n) is 5.52. The molecule has 0 heterocycles. The molecule has 128 valence electrons. The van der Waals surface area contributed by atoms with Gasteiger partial charge in [-0.15, -0.1) is 0 Å². The normalized spacial score (nSPS) is 13.0. The highest BCUT2D eigenvalue weighted by molar-refractivity contribution is 5.81. The summed E-state index contributed by atoms with van der Waals surface area (Å²) in [5, 5.41) is 5.49. The van der Waals surface area contributed by atoms with Gasteiger partial charge in [0.25, 0.3) is 5.91 Å².